The van der Waals surface area contributed by atoms with Crippen LogP contribution in [-0.2, 0) is 14.8 Å². The molecule has 0 fully saturated rings. The average Bonchev–Trinajstić information content (AvgIpc) is 2.67. The molecule has 1 amide bonds. The van der Waals surface area contributed by atoms with Gasteiger partial charge in [0, 0.05) is 23.7 Å². The van der Waals surface area contributed by atoms with Crippen LogP contribution in [0.1, 0.15) is 24.1 Å². The van der Waals surface area contributed by atoms with E-state index < -0.39 is 16.1 Å². The summed E-state index contributed by atoms with van der Waals surface area (Å²) < 4.78 is 34.7. The van der Waals surface area contributed by atoms with Crippen LogP contribution < -0.4 is 14.8 Å². The number of para-hydroxylation sites is 2. The van der Waals surface area contributed by atoms with Crippen LogP contribution in [0.3, 0.4) is 0 Å². The Hall–Kier alpha value is -3.16. The summed E-state index contributed by atoms with van der Waals surface area (Å²) in [5.74, 6) is 1.02. The predicted molar refractivity (Wildman–Crippen MR) is 106 cm³/mol. The van der Waals surface area contributed by atoms with Gasteiger partial charge in [0.15, 0.2) is 0 Å². The van der Waals surface area contributed by atoms with E-state index in [1.807, 2.05) is 48.5 Å². The number of ether oxygens (including phenoxy) is 1. The molecule has 6 nitrogen and oxygen atoms in total. The molecule has 3 aromatic rings. The van der Waals surface area contributed by atoms with E-state index in [4.69, 9.17) is 4.74 Å². The molecular formula is C21H18N2O4S. The number of anilines is 1. The summed E-state index contributed by atoms with van der Waals surface area (Å²) in [6.07, 6.45) is 0. The Morgan fingerprint density at radius 3 is 1.93 bits per heavy atom. The summed E-state index contributed by atoms with van der Waals surface area (Å²) in [7, 11) is -3.81. The normalized spacial score (nSPS) is 13.2. The lowest BCUT2D eigenvalue weighted by atomic mass is 9.95. The standard InChI is InChI=1S/C21H18N2O4S/c1-14(24)22-15-10-12-16(13-11-15)28(25,26)23-21-17-6-2-4-8-19(17)27-20-9-5-3-7-18(20)21/h2-13,21,23H,1H3,(H,22,24). The van der Waals surface area contributed by atoms with Crippen LogP contribution in [0.25, 0.3) is 0 Å². The first-order valence-corrected chi connectivity index (χ1v) is 10.2. The number of sulfonamides is 1. The molecule has 1 heterocycles. The second-order valence-corrected chi connectivity index (χ2v) is 8.15. The second kappa shape index (κ2) is 7.10. The van der Waals surface area contributed by atoms with Gasteiger partial charge in [-0.25, -0.2) is 8.42 Å². The highest BCUT2D eigenvalue weighted by molar-refractivity contribution is 7.89. The maximum absolute atomic E-state index is 13.0. The van der Waals surface area contributed by atoms with Gasteiger partial charge in [-0.1, -0.05) is 36.4 Å². The van der Waals surface area contributed by atoms with Crippen molar-refractivity contribution in [2.75, 3.05) is 5.32 Å². The van der Waals surface area contributed by atoms with Crippen molar-refractivity contribution in [3.05, 3.63) is 83.9 Å². The molecule has 2 N–H and O–H groups in total. The van der Waals surface area contributed by atoms with E-state index in [-0.39, 0.29) is 10.8 Å². The highest BCUT2D eigenvalue weighted by atomic mass is 32.2. The molecular weight excluding hydrogens is 376 g/mol. The van der Waals surface area contributed by atoms with Gasteiger partial charge in [0.25, 0.3) is 0 Å². The summed E-state index contributed by atoms with van der Waals surface area (Å²) in [4.78, 5) is 11.3. The Morgan fingerprint density at radius 1 is 0.857 bits per heavy atom. The second-order valence-electron chi connectivity index (χ2n) is 6.44. The zero-order valence-corrected chi connectivity index (χ0v) is 15.9. The van der Waals surface area contributed by atoms with Crippen LogP contribution in [0.4, 0.5) is 5.69 Å². The lowest BCUT2D eigenvalue weighted by Gasteiger charge is -2.28. The Bertz CT molecular complexity index is 1100. The van der Waals surface area contributed by atoms with Crippen molar-refractivity contribution in [3.8, 4) is 11.5 Å². The third-order valence-electron chi connectivity index (χ3n) is 4.44. The van der Waals surface area contributed by atoms with E-state index in [2.05, 4.69) is 10.0 Å². The SMILES string of the molecule is CC(=O)Nc1ccc(S(=O)(=O)NC2c3ccccc3Oc3ccccc32)cc1. The Morgan fingerprint density at radius 2 is 1.39 bits per heavy atom. The zero-order chi connectivity index (χ0) is 19.7. The van der Waals surface area contributed by atoms with Gasteiger partial charge >= 0.3 is 0 Å². The maximum atomic E-state index is 13.0. The van der Waals surface area contributed by atoms with Crippen LogP contribution in [0.2, 0.25) is 0 Å². The predicted octanol–water partition coefficient (Wildman–Crippen LogP) is 3.82. The summed E-state index contributed by atoms with van der Waals surface area (Å²) in [5.41, 5.74) is 2.03. The minimum atomic E-state index is -3.81. The van der Waals surface area contributed by atoms with Crippen molar-refractivity contribution >= 4 is 21.6 Å². The molecule has 3 aromatic carbocycles. The van der Waals surface area contributed by atoms with Crippen molar-refractivity contribution in [3.63, 3.8) is 0 Å². The number of rotatable bonds is 4. The van der Waals surface area contributed by atoms with Crippen LogP contribution in [0, 0.1) is 0 Å². The molecule has 28 heavy (non-hydrogen) atoms. The molecule has 0 unspecified atom stereocenters. The zero-order valence-electron chi connectivity index (χ0n) is 15.0. The Labute approximate surface area is 163 Å². The van der Waals surface area contributed by atoms with E-state index in [1.54, 1.807) is 12.1 Å². The van der Waals surface area contributed by atoms with Gasteiger partial charge in [-0.05, 0) is 36.4 Å². The van der Waals surface area contributed by atoms with Crippen molar-refractivity contribution in [1.29, 1.82) is 0 Å². The number of benzene rings is 3. The summed E-state index contributed by atoms with van der Waals surface area (Å²) in [6, 6.07) is 20.2. The molecule has 0 atom stereocenters. The van der Waals surface area contributed by atoms with Crippen LogP contribution in [0.5, 0.6) is 11.5 Å². The lowest BCUT2D eigenvalue weighted by molar-refractivity contribution is -0.114. The average molecular weight is 394 g/mol. The van der Waals surface area contributed by atoms with Gasteiger partial charge in [-0.15, -0.1) is 0 Å². The smallest absolute Gasteiger partial charge is 0.241 e. The highest BCUT2D eigenvalue weighted by Crippen LogP contribution is 2.43. The van der Waals surface area contributed by atoms with Crippen molar-refractivity contribution in [2.24, 2.45) is 0 Å². The van der Waals surface area contributed by atoms with Crippen LogP contribution in [0.15, 0.2) is 77.7 Å². The molecule has 7 heteroatoms. The van der Waals surface area contributed by atoms with Crippen LogP contribution >= 0.6 is 0 Å². The first kappa shape index (κ1) is 18.2. The van der Waals surface area contributed by atoms with Gasteiger partial charge < -0.3 is 10.1 Å². The number of amides is 1. The topological polar surface area (TPSA) is 84.5 Å². The molecule has 0 saturated heterocycles. The van der Waals surface area contributed by atoms with Gasteiger partial charge in [0.2, 0.25) is 15.9 Å². The molecule has 1 aliphatic rings. The number of nitrogens with one attached hydrogen (secondary N) is 2. The number of hydrogen-bond donors (Lipinski definition) is 2. The minimum Gasteiger partial charge on any atom is -0.457 e. The van der Waals surface area contributed by atoms with E-state index in [9.17, 15) is 13.2 Å². The number of hydrogen-bond acceptors (Lipinski definition) is 4. The molecule has 0 saturated carbocycles. The first-order valence-electron chi connectivity index (χ1n) is 8.70. The molecule has 0 spiro atoms. The van der Waals surface area contributed by atoms with E-state index in [1.165, 1.54) is 19.1 Å². The van der Waals surface area contributed by atoms with Crippen molar-refractivity contribution < 1.29 is 17.9 Å². The highest BCUT2D eigenvalue weighted by Gasteiger charge is 2.30. The molecule has 0 bridgehead atoms. The molecule has 0 aromatic heterocycles. The van der Waals surface area contributed by atoms with E-state index in [0.717, 1.165) is 11.1 Å². The van der Waals surface area contributed by atoms with Crippen molar-refractivity contribution in [1.82, 2.24) is 4.72 Å². The molecule has 1 aliphatic heterocycles. The van der Waals surface area contributed by atoms with Crippen molar-refractivity contribution in [2.45, 2.75) is 17.9 Å². The largest absolute Gasteiger partial charge is 0.457 e. The van der Waals surface area contributed by atoms with Crippen LogP contribution in [-0.4, -0.2) is 14.3 Å². The lowest BCUT2D eigenvalue weighted by Crippen LogP contribution is -2.31. The van der Waals surface area contributed by atoms with Gasteiger partial charge in [0.1, 0.15) is 11.5 Å². The quantitative estimate of drug-likeness (QED) is 0.705. The molecule has 4 rings (SSSR count). The Kier molecular flexibility index (Phi) is 4.62. The summed E-state index contributed by atoms with van der Waals surface area (Å²) >= 11 is 0. The first-order chi connectivity index (χ1) is 13.4. The van der Waals surface area contributed by atoms with Gasteiger partial charge in [0.05, 0.1) is 10.9 Å². The summed E-state index contributed by atoms with van der Waals surface area (Å²) in [5, 5.41) is 2.62. The number of carbonyl (C=O) groups excluding carboxylic acids is 1. The van der Waals surface area contributed by atoms with E-state index >= 15 is 0 Å². The fourth-order valence-electron chi connectivity index (χ4n) is 3.18. The van der Waals surface area contributed by atoms with Gasteiger partial charge in [-0.3, -0.25) is 4.79 Å². The van der Waals surface area contributed by atoms with Gasteiger partial charge in [-0.2, -0.15) is 4.72 Å². The minimum absolute atomic E-state index is 0.114. The summed E-state index contributed by atoms with van der Waals surface area (Å²) in [6.45, 7) is 1.40. The number of fused-ring (bicyclic) bond motifs is 2. The van der Waals surface area contributed by atoms with E-state index in [0.29, 0.717) is 17.2 Å². The molecule has 0 aliphatic carbocycles. The monoisotopic (exact) mass is 394 g/mol. The third-order valence-corrected chi connectivity index (χ3v) is 5.88. The Balaban J connectivity index is 1.69. The number of carbonyl (C=O) groups is 1. The third kappa shape index (κ3) is 3.49. The fraction of sp³-hybridized carbons (Fsp3) is 0.0952. The molecule has 142 valence electrons. The maximum Gasteiger partial charge on any atom is 0.241 e. The fourth-order valence-corrected chi connectivity index (χ4v) is 4.38. The molecule has 0 radical (unpaired) electrons.